The summed E-state index contributed by atoms with van der Waals surface area (Å²) in [5.41, 5.74) is -6.98. The molecule has 0 spiro atoms. The number of carbonyl (C=O) groups excluding carboxylic acids is 4. The second-order valence-electron chi connectivity index (χ2n) is 31.6. The SMILES string of the molecule is CCCCC(CCCCCCC(CCCC)(C(=O)OCCCOC1CC(C)(C)N(O)C(C)(C)C1)C(=O)OCCCOC1CC(C)(C)N(O)C(C)(C)C1)(C(=O)OCCCOC1CC(C)(C)N(O)C(C)(C)C1)C(=O)OCCCOC1CC(C)(C)N(O)C(C)(C)C1. The number of carbonyl (C=O) groups is 4. The minimum atomic E-state index is -1.57. The van der Waals surface area contributed by atoms with Gasteiger partial charge in [-0.05, 0) is 188 Å². The van der Waals surface area contributed by atoms with Gasteiger partial charge in [0.15, 0.2) is 10.8 Å². The van der Waals surface area contributed by atoms with Crippen LogP contribution in [0.5, 0.6) is 0 Å². The fourth-order valence-corrected chi connectivity index (χ4v) is 15.0. The fourth-order valence-electron chi connectivity index (χ4n) is 15.0. The lowest BCUT2D eigenvalue weighted by Gasteiger charge is -2.51. The molecule has 4 aliphatic rings. The van der Waals surface area contributed by atoms with Gasteiger partial charge in [0.2, 0.25) is 0 Å². The first kappa shape index (κ1) is 77.8. The maximum absolute atomic E-state index is 14.6. The van der Waals surface area contributed by atoms with E-state index < -0.39 is 79.0 Å². The van der Waals surface area contributed by atoms with Gasteiger partial charge in [-0.1, -0.05) is 65.2 Å². The van der Waals surface area contributed by atoms with E-state index in [9.17, 15) is 40.0 Å². The Morgan fingerprint density at radius 3 is 0.670 bits per heavy atom. The van der Waals surface area contributed by atoms with E-state index in [1.165, 1.54) is 20.3 Å². The van der Waals surface area contributed by atoms with Crippen LogP contribution in [0.1, 0.15) is 279 Å². The van der Waals surface area contributed by atoms with Crippen molar-refractivity contribution in [3.63, 3.8) is 0 Å². The zero-order valence-electron chi connectivity index (χ0n) is 58.4. The van der Waals surface area contributed by atoms with Crippen LogP contribution in [0.3, 0.4) is 0 Å². The summed E-state index contributed by atoms with van der Waals surface area (Å²) >= 11 is 0. The highest BCUT2D eigenvalue weighted by Crippen LogP contribution is 2.43. The van der Waals surface area contributed by atoms with Crippen LogP contribution in [0.15, 0.2) is 0 Å². The molecule has 4 rings (SSSR count). The van der Waals surface area contributed by atoms with E-state index in [-0.39, 0.29) is 76.5 Å². The highest BCUT2D eigenvalue weighted by Gasteiger charge is 2.52. The lowest BCUT2D eigenvalue weighted by atomic mass is 9.76. The predicted molar refractivity (Wildman–Crippen MR) is 337 cm³/mol. The van der Waals surface area contributed by atoms with E-state index in [4.69, 9.17) is 37.9 Å². The molecule has 0 atom stereocenters. The number of unbranched alkanes of at least 4 members (excludes halogenated alkanes) is 5. The minimum Gasteiger partial charge on any atom is -0.465 e. The van der Waals surface area contributed by atoms with Gasteiger partial charge in [-0.2, -0.15) is 20.3 Å². The highest BCUT2D eigenvalue weighted by atomic mass is 16.6. The van der Waals surface area contributed by atoms with Gasteiger partial charge in [0.25, 0.3) is 0 Å². The molecular weight excluding hydrogens is 1130 g/mol. The quantitative estimate of drug-likeness (QED) is 0.0196. The van der Waals surface area contributed by atoms with Crippen molar-refractivity contribution < 1.29 is 77.9 Å². The standard InChI is InChI=1S/C68H126N4O16/c1-19-21-31-67(55(73)85-39-27-35-81-51-43-59(3,4)69(77)60(5,6)44-51,56(74)86-40-28-36-82-52-45-61(7,8)70(78)62(9,10)46-52)33-25-23-24-26-34-68(32-22-20-2,57(75)87-41-29-37-83-53-47-63(11,12)71(79)64(13,14)48-53)58(76)88-42-30-38-84-54-49-65(15,16)72(80)66(17,18)50-54/h51-54,77-80H,19-50H2,1-18H3. The molecule has 514 valence electrons. The normalized spacial score (nSPS) is 22.8. The summed E-state index contributed by atoms with van der Waals surface area (Å²) in [6, 6.07) is 0. The first-order chi connectivity index (χ1) is 40.8. The first-order valence-corrected chi connectivity index (χ1v) is 33.9. The third-order valence-corrected chi connectivity index (χ3v) is 19.3. The van der Waals surface area contributed by atoms with Crippen LogP contribution in [0.4, 0.5) is 0 Å². The van der Waals surface area contributed by atoms with Crippen molar-refractivity contribution in [3.05, 3.63) is 0 Å². The van der Waals surface area contributed by atoms with Crippen molar-refractivity contribution in [2.75, 3.05) is 52.9 Å². The second kappa shape index (κ2) is 33.0. The lowest BCUT2D eigenvalue weighted by molar-refractivity contribution is -0.261. The van der Waals surface area contributed by atoms with Gasteiger partial charge in [-0.15, -0.1) is 0 Å². The minimum absolute atomic E-state index is 0.0479. The summed E-state index contributed by atoms with van der Waals surface area (Å²) in [4.78, 5) is 58.3. The van der Waals surface area contributed by atoms with E-state index >= 15 is 0 Å². The maximum Gasteiger partial charge on any atom is 0.323 e. The van der Waals surface area contributed by atoms with Gasteiger partial charge in [-0.3, -0.25) is 19.2 Å². The van der Waals surface area contributed by atoms with E-state index in [0.717, 1.165) is 12.8 Å². The molecule has 0 radical (unpaired) electrons. The number of hydroxylamine groups is 8. The van der Waals surface area contributed by atoms with Gasteiger partial charge in [0.05, 0.1) is 77.3 Å². The van der Waals surface area contributed by atoms with Crippen LogP contribution < -0.4 is 0 Å². The van der Waals surface area contributed by atoms with Crippen molar-refractivity contribution in [1.29, 1.82) is 0 Å². The fraction of sp³-hybridized carbons (Fsp3) is 0.941. The summed E-state index contributed by atoms with van der Waals surface area (Å²) in [5.74, 6) is -2.48. The molecule has 4 saturated heterocycles. The molecule has 0 unspecified atom stereocenters. The highest BCUT2D eigenvalue weighted by molar-refractivity contribution is 6.00. The monoisotopic (exact) mass is 1250 g/mol. The Bertz CT molecular complexity index is 1820. The Kier molecular flexibility index (Phi) is 29.2. The number of piperidine rings is 4. The van der Waals surface area contributed by atoms with Gasteiger partial charge in [0, 0.05) is 70.0 Å². The third-order valence-electron chi connectivity index (χ3n) is 19.3. The van der Waals surface area contributed by atoms with Crippen molar-refractivity contribution in [2.45, 2.75) is 347 Å². The summed E-state index contributed by atoms with van der Waals surface area (Å²) < 4.78 is 49.3. The molecule has 20 heteroatoms. The second-order valence-corrected chi connectivity index (χ2v) is 31.6. The molecule has 4 heterocycles. The molecule has 4 aliphatic heterocycles. The lowest BCUT2D eigenvalue weighted by Crippen LogP contribution is -2.60. The number of rotatable bonds is 37. The van der Waals surface area contributed by atoms with Crippen molar-refractivity contribution in [3.8, 4) is 0 Å². The molecule has 20 nitrogen and oxygen atoms in total. The first-order valence-electron chi connectivity index (χ1n) is 33.9. The van der Waals surface area contributed by atoms with Gasteiger partial charge in [0.1, 0.15) is 0 Å². The predicted octanol–water partition coefficient (Wildman–Crippen LogP) is 13.1. The summed E-state index contributed by atoms with van der Waals surface area (Å²) in [5, 5.41) is 49.0. The molecule has 4 N–H and O–H groups in total. The van der Waals surface area contributed by atoms with Crippen LogP contribution in [0.25, 0.3) is 0 Å². The van der Waals surface area contributed by atoms with Crippen LogP contribution in [0, 0.1) is 10.8 Å². The Morgan fingerprint density at radius 2 is 0.489 bits per heavy atom. The Morgan fingerprint density at radius 1 is 0.307 bits per heavy atom. The summed E-state index contributed by atoms with van der Waals surface area (Å²) in [7, 11) is 0. The number of esters is 4. The molecule has 88 heavy (non-hydrogen) atoms. The largest absolute Gasteiger partial charge is 0.465 e. The average Bonchev–Trinajstić information content (AvgIpc) is 1.28. The maximum atomic E-state index is 14.6. The van der Waals surface area contributed by atoms with Crippen LogP contribution in [-0.4, -0.2) is 187 Å². The molecule has 0 aromatic heterocycles. The summed E-state index contributed by atoms with van der Waals surface area (Å²) in [6.45, 7) is 37.4. The van der Waals surface area contributed by atoms with E-state index in [2.05, 4.69) is 0 Å². The molecule has 0 saturated carbocycles. The number of ether oxygens (including phenoxy) is 8. The third kappa shape index (κ3) is 21.5. The van der Waals surface area contributed by atoms with Crippen LogP contribution in [-0.2, 0) is 57.1 Å². The van der Waals surface area contributed by atoms with E-state index in [0.29, 0.717) is 142 Å². The average molecular weight is 1260 g/mol. The Balaban J connectivity index is 1.46. The Hall–Kier alpha value is -2.60. The van der Waals surface area contributed by atoms with Gasteiger partial charge >= 0.3 is 23.9 Å². The number of hydrogen-bond acceptors (Lipinski definition) is 20. The van der Waals surface area contributed by atoms with Crippen molar-refractivity contribution >= 4 is 23.9 Å². The van der Waals surface area contributed by atoms with Gasteiger partial charge < -0.3 is 58.7 Å². The molecule has 0 aromatic rings. The van der Waals surface area contributed by atoms with Gasteiger partial charge in [-0.25, -0.2) is 0 Å². The summed E-state index contributed by atoms with van der Waals surface area (Å²) in [6.07, 6.45) is 12.0. The zero-order valence-corrected chi connectivity index (χ0v) is 58.4. The number of nitrogens with zero attached hydrogens (tertiary/aromatic N) is 4. The molecule has 0 bridgehead atoms. The molecule has 4 fully saturated rings. The molecule has 0 aliphatic carbocycles. The molecule has 0 aromatic carbocycles. The van der Waals surface area contributed by atoms with Crippen molar-refractivity contribution in [2.24, 2.45) is 10.8 Å². The zero-order chi connectivity index (χ0) is 66.2. The topological polar surface area (TPSA) is 236 Å². The number of hydrogen-bond donors (Lipinski definition) is 4. The molecular formula is C68H126N4O16. The van der Waals surface area contributed by atoms with E-state index in [1.807, 2.05) is 125 Å². The molecule has 0 amide bonds. The smallest absolute Gasteiger partial charge is 0.323 e. The van der Waals surface area contributed by atoms with Crippen LogP contribution >= 0.6 is 0 Å². The van der Waals surface area contributed by atoms with Crippen molar-refractivity contribution in [1.82, 2.24) is 20.3 Å². The Labute approximate surface area is 531 Å². The van der Waals surface area contributed by atoms with E-state index in [1.54, 1.807) is 0 Å². The van der Waals surface area contributed by atoms with Crippen LogP contribution in [0.2, 0.25) is 0 Å².